The number of hydrogen-bond donors (Lipinski definition) is 0. The lowest BCUT2D eigenvalue weighted by Crippen LogP contribution is -2.19. The van der Waals surface area contributed by atoms with Crippen LogP contribution in [0.15, 0.2) is 42.5 Å². The van der Waals surface area contributed by atoms with E-state index in [1.54, 1.807) is 6.07 Å². The summed E-state index contributed by atoms with van der Waals surface area (Å²) in [4.78, 5) is 12.4. The Hall–Kier alpha value is -2.00. The van der Waals surface area contributed by atoms with E-state index in [2.05, 4.69) is 6.07 Å². The van der Waals surface area contributed by atoms with Crippen molar-refractivity contribution in [1.82, 2.24) is 0 Å². The molecule has 1 atom stereocenters. The van der Waals surface area contributed by atoms with Crippen LogP contribution in [0.5, 0.6) is 0 Å². The van der Waals surface area contributed by atoms with Crippen LogP contribution in [0.3, 0.4) is 0 Å². The third kappa shape index (κ3) is 2.88. The maximum Gasteiger partial charge on any atom is 0.166 e. The lowest BCUT2D eigenvalue weighted by atomic mass is 9.92. The Balaban J connectivity index is 1.84. The highest BCUT2D eigenvalue weighted by molar-refractivity contribution is 5.97. The van der Waals surface area contributed by atoms with Gasteiger partial charge in [0.05, 0.1) is 12.7 Å². The van der Waals surface area contributed by atoms with Gasteiger partial charge in [-0.3, -0.25) is 4.79 Å². The first kappa shape index (κ1) is 14.0. The molecule has 0 bridgehead atoms. The molecule has 1 unspecified atom stereocenters. The van der Waals surface area contributed by atoms with Crippen molar-refractivity contribution in [1.29, 1.82) is 0 Å². The maximum atomic E-state index is 13.3. The van der Waals surface area contributed by atoms with Gasteiger partial charge >= 0.3 is 0 Å². The fourth-order valence-electron chi connectivity index (χ4n) is 2.82. The first-order valence-corrected chi connectivity index (χ1v) is 7.14. The predicted molar refractivity (Wildman–Crippen MR) is 78.9 cm³/mol. The van der Waals surface area contributed by atoms with Crippen LogP contribution in [0.4, 0.5) is 4.39 Å². The standard InChI is InChI=1S/C18H17FO2/c1-12-6-7-14(19)10-16(12)17(20)11-18-15-5-3-2-4-13(15)8-9-21-18/h2-7,10,18H,8-9,11H2,1H3. The van der Waals surface area contributed by atoms with E-state index >= 15 is 0 Å². The van der Waals surface area contributed by atoms with Gasteiger partial charge in [0.15, 0.2) is 5.78 Å². The van der Waals surface area contributed by atoms with Gasteiger partial charge in [0.2, 0.25) is 0 Å². The molecule has 0 radical (unpaired) electrons. The predicted octanol–water partition coefficient (Wildman–Crippen LogP) is 4.02. The second-order valence-corrected chi connectivity index (χ2v) is 5.39. The Bertz CT molecular complexity index is 679. The Labute approximate surface area is 123 Å². The molecule has 1 aliphatic rings. The van der Waals surface area contributed by atoms with Crippen LogP contribution in [-0.4, -0.2) is 12.4 Å². The quantitative estimate of drug-likeness (QED) is 0.796. The highest BCUT2D eigenvalue weighted by atomic mass is 19.1. The van der Waals surface area contributed by atoms with Crippen LogP contribution in [0.2, 0.25) is 0 Å². The van der Waals surface area contributed by atoms with Gasteiger partial charge in [0.25, 0.3) is 0 Å². The molecule has 3 heteroatoms. The van der Waals surface area contributed by atoms with E-state index in [0.717, 1.165) is 17.5 Å². The van der Waals surface area contributed by atoms with Crippen LogP contribution in [0.25, 0.3) is 0 Å². The minimum Gasteiger partial charge on any atom is -0.373 e. The van der Waals surface area contributed by atoms with Gasteiger partial charge in [-0.1, -0.05) is 30.3 Å². The van der Waals surface area contributed by atoms with E-state index < -0.39 is 0 Å². The topological polar surface area (TPSA) is 26.3 Å². The van der Waals surface area contributed by atoms with E-state index in [0.29, 0.717) is 12.2 Å². The number of hydrogen-bond acceptors (Lipinski definition) is 2. The van der Waals surface area contributed by atoms with E-state index in [4.69, 9.17) is 4.74 Å². The van der Waals surface area contributed by atoms with Gasteiger partial charge < -0.3 is 4.74 Å². The first-order chi connectivity index (χ1) is 10.1. The van der Waals surface area contributed by atoms with Crippen molar-refractivity contribution >= 4 is 5.78 Å². The molecule has 21 heavy (non-hydrogen) atoms. The number of benzene rings is 2. The monoisotopic (exact) mass is 284 g/mol. The lowest BCUT2D eigenvalue weighted by molar-refractivity contribution is 0.0351. The summed E-state index contributed by atoms with van der Waals surface area (Å²) in [6, 6.07) is 12.4. The molecule has 0 fully saturated rings. The minimum atomic E-state index is -0.381. The number of ether oxygens (including phenoxy) is 1. The van der Waals surface area contributed by atoms with Crippen molar-refractivity contribution in [2.75, 3.05) is 6.61 Å². The summed E-state index contributed by atoms with van der Waals surface area (Å²) in [5.41, 5.74) is 3.55. The van der Waals surface area contributed by atoms with E-state index in [9.17, 15) is 9.18 Å². The number of carbonyl (C=O) groups excluding carboxylic acids is 1. The lowest BCUT2D eigenvalue weighted by Gasteiger charge is -2.25. The zero-order valence-electron chi connectivity index (χ0n) is 11.9. The molecular formula is C18H17FO2. The van der Waals surface area contributed by atoms with Crippen LogP contribution >= 0.6 is 0 Å². The zero-order chi connectivity index (χ0) is 14.8. The summed E-state index contributed by atoms with van der Waals surface area (Å²) in [5.74, 6) is -0.456. The Morgan fingerprint density at radius 2 is 2.10 bits per heavy atom. The second-order valence-electron chi connectivity index (χ2n) is 5.39. The highest BCUT2D eigenvalue weighted by Gasteiger charge is 2.24. The summed E-state index contributed by atoms with van der Waals surface area (Å²) < 4.78 is 19.1. The molecule has 0 spiro atoms. The SMILES string of the molecule is Cc1ccc(F)cc1C(=O)CC1OCCc2ccccc21. The number of Topliss-reactive ketones (excluding diaryl/α,β-unsaturated/α-hetero) is 1. The third-order valence-corrected chi connectivity index (χ3v) is 3.96. The number of carbonyl (C=O) groups is 1. The fraction of sp³-hybridized carbons (Fsp3) is 0.278. The van der Waals surface area contributed by atoms with Crippen molar-refractivity contribution in [2.45, 2.75) is 25.9 Å². The summed E-state index contributed by atoms with van der Waals surface area (Å²) >= 11 is 0. The van der Waals surface area contributed by atoms with Crippen molar-refractivity contribution in [3.05, 3.63) is 70.5 Å². The van der Waals surface area contributed by atoms with Crippen molar-refractivity contribution < 1.29 is 13.9 Å². The van der Waals surface area contributed by atoms with Crippen LogP contribution in [0, 0.1) is 12.7 Å². The molecule has 1 aliphatic heterocycles. The average Bonchev–Trinajstić information content (AvgIpc) is 2.50. The van der Waals surface area contributed by atoms with Crippen LogP contribution in [0.1, 0.15) is 39.6 Å². The van der Waals surface area contributed by atoms with Crippen molar-refractivity contribution in [3.63, 3.8) is 0 Å². The van der Waals surface area contributed by atoms with Gasteiger partial charge in [0.1, 0.15) is 5.82 Å². The minimum absolute atomic E-state index is 0.0753. The molecule has 2 aromatic rings. The molecule has 2 aromatic carbocycles. The maximum absolute atomic E-state index is 13.3. The highest BCUT2D eigenvalue weighted by Crippen LogP contribution is 2.31. The molecule has 0 N–H and O–H groups in total. The molecule has 0 saturated heterocycles. The summed E-state index contributed by atoms with van der Waals surface area (Å²) in [6.45, 7) is 2.44. The van der Waals surface area contributed by atoms with E-state index in [1.807, 2.05) is 25.1 Å². The number of rotatable bonds is 3. The van der Waals surface area contributed by atoms with Crippen molar-refractivity contribution in [2.24, 2.45) is 0 Å². The van der Waals surface area contributed by atoms with Crippen molar-refractivity contribution in [3.8, 4) is 0 Å². The third-order valence-electron chi connectivity index (χ3n) is 3.96. The number of halogens is 1. The molecule has 0 aromatic heterocycles. The van der Waals surface area contributed by atoms with Crippen LogP contribution < -0.4 is 0 Å². The fourth-order valence-corrected chi connectivity index (χ4v) is 2.82. The second kappa shape index (κ2) is 5.78. The van der Waals surface area contributed by atoms with Gasteiger partial charge in [-0.2, -0.15) is 0 Å². The van der Waals surface area contributed by atoms with Gasteiger partial charge in [-0.05, 0) is 42.2 Å². The molecule has 3 rings (SSSR count). The van der Waals surface area contributed by atoms with E-state index in [-0.39, 0.29) is 24.1 Å². The summed E-state index contributed by atoms with van der Waals surface area (Å²) in [6.07, 6.45) is 0.895. The van der Waals surface area contributed by atoms with Crippen LogP contribution in [-0.2, 0) is 11.2 Å². The smallest absolute Gasteiger partial charge is 0.166 e. The van der Waals surface area contributed by atoms with Gasteiger partial charge in [0, 0.05) is 12.0 Å². The molecule has 0 saturated carbocycles. The van der Waals surface area contributed by atoms with E-state index in [1.165, 1.54) is 17.7 Å². The Kier molecular flexibility index (Phi) is 3.84. The molecular weight excluding hydrogens is 267 g/mol. The average molecular weight is 284 g/mol. The molecule has 108 valence electrons. The largest absolute Gasteiger partial charge is 0.373 e. The normalized spacial score (nSPS) is 17.3. The summed E-state index contributed by atoms with van der Waals surface area (Å²) in [5, 5.41) is 0. The van der Waals surface area contributed by atoms with Gasteiger partial charge in [-0.15, -0.1) is 0 Å². The molecule has 2 nitrogen and oxygen atoms in total. The first-order valence-electron chi connectivity index (χ1n) is 7.14. The molecule has 0 amide bonds. The number of fused-ring (bicyclic) bond motifs is 1. The Morgan fingerprint density at radius 1 is 1.29 bits per heavy atom. The molecule has 1 heterocycles. The zero-order valence-corrected chi connectivity index (χ0v) is 11.9. The number of ketones is 1. The summed E-state index contributed by atoms with van der Waals surface area (Å²) in [7, 11) is 0. The molecule has 0 aliphatic carbocycles. The number of aryl methyl sites for hydroxylation is 1. The Morgan fingerprint density at radius 3 is 2.95 bits per heavy atom. The van der Waals surface area contributed by atoms with Gasteiger partial charge in [-0.25, -0.2) is 4.39 Å².